The maximum Gasteiger partial charge on any atom is 0.315 e. The van der Waals surface area contributed by atoms with Crippen molar-refractivity contribution in [1.82, 2.24) is 10.6 Å². The summed E-state index contributed by atoms with van der Waals surface area (Å²) in [7, 11) is 0. The molecule has 5 aliphatic rings. The molecule has 2 N–H and O–H groups in total. The van der Waals surface area contributed by atoms with Gasteiger partial charge in [-0.2, -0.15) is 0 Å². The summed E-state index contributed by atoms with van der Waals surface area (Å²) in [6, 6.07) is 6.07. The van der Waals surface area contributed by atoms with Crippen molar-refractivity contribution in [2.75, 3.05) is 6.79 Å². The van der Waals surface area contributed by atoms with Crippen LogP contribution in [0.1, 0.15) is 57.4 Å². The quantitative estimate of drug-likeness (QED) is 0.816. The molecule has 4 fully saturated rings. The van der Waals surface area contributed by atoms with Crippen molar-refractivity contribution in [2.45, 2.75) is 64.5 Å². The van der Waals surface area contributed by atoms with Gasteiger partial charge >= 0.3 is 6.03 Å². The number of hydrogen-bond donors (Lipinski definition) is 2. The molecule has 1 unspecified atom stereocenters. The molecule has 1 heterocycles. The van der Waals surface area contributed by atoms with E-state index in [1.165, 1.54) is 38.5 Å². The number of ether oxygens (including phenoxy) is 2. The van der Waals surface area contributed by atoms with Gasteiger partial charge in [-0.25, -0.2) is 4.79 Å². The second-order valence-corrected chi connectivity index (χ2v) is 9.26. The van der Waals surface area contributed by atoms with E-state index in [0.717, 1.165) is 41.2 Å². The van der Waals surface area contributed by atoms with Gasteiger partial charge in [-0.1, -0.05) is 13.0 Å². The first-order valence-electron chi connectivity index (χ1n) is 10.6. The van der Waals surface area contributed by atoms with Crippen LogP contribution in [0.25, 0.3) is 0 Å². The van der Waals surface area contributed by atoms with Gasteiger partial charge in [0.15, 0.2) is 11.5 Å². The fraction of sp³-hybridized carbons (Fsp3) is 0.682. The van der Waals surface area contributed by atoms with Crippen molar-refractivity contribution in [3.05, 3.63) is 23.8 Å². The van der Waals surface area contributed by atoms with Gasteiger partial charge in [-0.3, -0.25) is 0 Å². The molecule has 146 valence electrons. The lowest BCUT2D eigenvalue weighted by Gasteiger charge is -2.59. The lowest BCUT2D eigenvalue weighted by molar-refractivity contribution is -0.0721. The van der Waals surface area contributed by atoms with Crippen LogP contribution in [0.15, 0.2) is 18.2 Å². The Kier molecular flexibility index (Phi) is 4.21. The van der Waals surface area contributed by atoms with Crippen molar-refractivity contribution in [3.63, 3.8) is 0 Å². The van der Waals surface area contributed by atoms with E-state index in [1.807, 2.05) is 18.2 Å². The fourth-order valence-corrected chi connectivity index (χ4v) is 6.74. The minimum Gasteiger partial charge on any atom is -0.454 e. The molecule has 4 bridgehead atoms. The number of amides is 2. The van der Waals surface area contributed by atoms with Gasteiger partial charge in [0.25, 0.3) is 0 Å². The number of rotatable bonds is 5. The summed E-state index contributed by atoms with van der Waals surface area (Å²) in [5.74, 6) is 4.25. The first-order chi connectivity index (χ1) is 13.1. The summed E-state index contributed by atoms with van der Waals surface area (Å²) in [6.07, 6.45) is 9.29. The second kappa shape index (κ2) is 6.61. The maximum atomic E-state index is 12.6. The first kappa shape index (κ1) is 17.2. The third kappa shape index (κ3) is 3.15. The second-order valence-electron chi connectivity index (χ2n) is 9.26. The summed E-state index contributed by atoms with van der Waals surface area (Å²) < 4.78 is 10.8. The van der Waals surface area contributed by atoms with E-state index in [1.54, 1.807) is 0 Å². The van der Waals surface area contributed by atoms with Gasteiger partial charge in [0.05, 0.1) is 0 Å². The Morgan fingerprint density at radius 1 is 1.11 bits per heavy atom. The molecule has 1 atom stereocenters. The average Bonchev–Trinajstić information content (AvgIpc) is 3.11. The van der Waals surface area contributed by atoms with Crippen LogP contribution >= 0.6 is 0 Å². The number of fused-ring (bicyclic) bond motifs is 1. The number of hydrogen-bond acceptors (Lipinski definition) is 3. The van der Waals surface area contributed by atoms with Crippen molar-refractivity contribution >= 4 is 6.03 Å². The Bertz CT molecular complexity index is 697. The molecule has 1 aromatic rings. The predicted octanol–water partition coefficient (Wildman–Crippen LogP) is 4.21. The van der Waals surface area contributed by atoms with Crippen LogP contribution in [-0.2, 0) is 6.54 Å². The molecule has 1 aliphatic heterocycles. The van der Waals surface area contributed by atoms with Crippen LogP contribution in [-0.4, -0.2) is 18.9 Å². The van der Waals surface area contributed by atoms with Gasteiger partial charge in [0, 0.05) is 12.6 Å². The molecule has 4 aliphatic carbocycles. The molecule has 27 heavy (non-hydrogen) atoms. The number of nitrogens with one attached hydrogen (secondary N) is 2. The smallest absolute Gasteiger partial charge is 0.315 e. The molecular weight excluding hydrogens is 340 g/mol. The highest BCUT2D eigenvalue weighted by Crippen LogP contribution is 2.61. The maximum absolute atomic E-state index is 12.6. The standard InChI is InChI=1S/C22H30N2O3/c1-2-20(22-9-15-5-16(10-22)7-17(6-15)11-22)24-21(25)23-12-14-3-4-18-19(8-14)27-13-26-18/h3-4,8,15-17,20H,2,5-7,9-13H2,1H3,(H2,23,24,25). The van der Waals surface area contributed by atoms with Crippen LogP contribution in [0, 0.1) is 23.2 Å². The Hall–Kier alpha value is -1.91. The summed E-state index contributed by atoms with van der Waals surface area (Å²) in [4.78, 5) is 12.6. The minimum absolute atomic E-state index is 0.0461. The number of carbonyl (C=O) groups excluding carboxylic acids is 1. The lowest BCUT2D eigenvalue weighted by Crippen LogP contribution is -2.57. The van der Waals surface area contributed by atoms with Crippen molar-refractivity contribution in [3.8, 4) is 11.5 Å². The van der Waals surface area contributed by atoms with Gasteiger partial charge in [0.2, 0.25) is 6.79 Å². The van der Waals surface area contributed by atoms with Crippen LogP contribution in [0.5, 0.6) is 11.5 Å². The first-order valence-corrected chi connectivity index (χ1v) is 10.6. The molecule has 4 saturated carbocycles. The van der Waals surface area contributed by atoms with Crippen LogP contribution in [0.4, 0.5) is 4.79 Å². The predicted molar refractivity (Wildman–Crippen MR) is 103 cm³/mol. The molecule has 5 nitrogen and oxygen atoms in total. The molecule has 5 heteroatoms. The Labute approximate surface area is 161 Å². The van der Waals surface area contributed by atoms with Crippen LogP contribution < -0.4 is 20.1 Å². The van der Waals surface area contributed by atoms with Crippen LogP contribution in [0.2, 0.25) is 0 Å². The lowest BCUT2D eigenvalue weighted by atomic mass is 9.47. The third-order valence-electron chi connectivity index (χ3n) is 7.43. The van der Waals surface area contributed by atoms with Crippen molar-refractivity contribution in [2.24, 2.45) is 23.2 Å². The zero-order valence-corrected chi connectivity index (χ0v) is 16.1. The summed E-state index contributed by atoms with van der Waals surface area (Å²) in [6.45, 7) is 3.00. The van der Waals surface area contributed by atoms with Gasteiger partial charge in [-0.05, 0) is 85.8 Å². The van der Waals surface area contributed by atoms with E-state index in [9.17, 15) is 4.79 Å². The number of urea groups is 1. The fourth-order valence-electron chi connectivity index (χ4n) is 6.74. The number of carbonyl (C=O) groups is 1. The highest BCUT2D eigenvalue weighted by atomic mass is 16.7. The summed E-state index contributed by atoms with van der Waals surface area (Å²) in [5, 5.41) is 6.38. The number of benzene rings is 1. The Balaban J connectivity index is 1.21. The molecule has 0 aromatic heterocycles. The Morgan fingerprint density at radius 3 is 2.44 bits per heavy atom. The molecule has 0 radical (unpaired) electrons. The highest BCUT2D eigenvalue weighted by molar-refractivity contribution is 5.74. The van der Waals surface area contributed by atoms with Gasteiger partial charge in [-0.15, -0.1) is 0 Å². The molecule has 0 spiro atoms. The topological polar surface area (TPSA) is 59.6 Å². The molecule has 6 rings (SSSR count). The van der Waals surface area contributed by atoms with E-state index < -0.39 is 0 Å². The SMILES string of the molecule is CCC(NC(=O)NCc1ccc2c(c1)OCO2)C12CC3CC(CC(C3)C1)C2. The summed E-state index contributed by atoms with van der Waals surface area (Å²) >= 11 is 0. The average molecular weight is 370 g/mol. The van der Waals surface area contributed by atoms with Crippen molar-refractivity contribution in [1.29, 1.82) is 0 Å². The van der Waals surface area contributed by atoms with Crippen LogP contribution in [0.3, 0.4) is 0 Å². The van der Waals surface area contributed by atoms with E-state index >= 15 is 0 Å². The molecule has 0 saturated heterocycles. The normalized spacial score (nSPS) is 33.7. The highest BCUT2D eigenvalue weighted by Gasteiger charge is 2.54. The van der Waals surface area contributed by atoms with Gasteiger partial charge in [0.1, 0.15) is 0 Å². The zero-order valence-electron chi connectivity index (χ0n) is 16.1. The monoisotopic (exact) mass is 370 g/mol. The minimum atomic E-state index is -0.0461. The van der Waals surface area contributed by atoms with Crippen molar-refractivity contribution < 1.29 is 14.3 Å². The van der Waals surface area contributed by atoms with Gasteiger partial charge < -0.3 is 20.1 Å². The molecule has 1 aromatic carbocycles. The Morgan fingerprint density at radius 2 is 1.78 bits per heavy atom. The third-order valence-corrected chi connectivity index (χ3v) is 7.43. The molecular formula is C22H30N2O3. The van der Waals surface area contributed by atoms with E-state index in [2.05, 4.69) is 17.6 Å². The molecule has 2 amide bonds. The van der Waals surface area contributed by atoms with E-state index in [-0.39, 0.29) is 12.8 Å². The van der Waals surface area contributed by atoms with E-state index in [0.29, 0.717) is 18.0 Å². The van der Waals surface area contributed by atoms with E-state index in [4.69, 9.17) is 9.47 Å². The zero-order chi connectivity index (χ0) is 18.4. The largest absolute Gasteiger partial charge is 0.454 e. The summed E-state index contributed by atoms with van der Waals surface area (Å²) in [5.41, 5.74) is 1.37.